The Morgan fingerprint density at radius 3 is 2.38 bits per heavy atom. The molecule has 26 heavy (non-hydrogen) atoms. The van der Waals surface area contributed by atoms with Crippen molar-refractivity contribution in [1.82, 2.24) is 0 Å². The van der Waals surface area contributed by atoms with E-state index in [1.807, 2.05) is 13.8 Å². The number of carbonyl (C=O) groups excluding carboxylic acids is 1. The van der Waals surface area contributed by atoms with Crippen molar-refractivity contribution in [2.75, 3.05) is 6.61 Å². The summed E-state index contributed by atoms with van der Waals surface area (Å²) in [6, 6.07) is 0. The zero-order valence-corrected chi connectivity index (χ0v) is 15.6. The molecule has 0 aliphatic heterocycles. The molecule has 0 amide bonds. The Labute approximate surface area is 152 Å². The van der Waals surface area contributed by atoms with E-state index < -0.39 is 57.8 Å². The standard InChI is InChI=1S/C20H28O6/c1-9-5-13-18(24,15(9)22)7-11(8-21)6-12-14-17(3,4)20(14,26)16(23)10(2)19(12,13)25/h5-6,10,12-14,16,21,23-26H,7-8H2,1-4H3/t10-,12-,13+,14-,16-,18-,19-,20-/m1/s1. The summed E-state index contributed by atoms with van der Waals surface area (Å²) in [5.41, 5.74) is -4.57. The molecule has 0 aromatic rings. The Bertz CT molecular complexity index is 753. The summed E-state index contributed by atoms with van der Waals surface area (Å²) < 4.78 is 0. The van der Waals surface area contributed by atoms with Gasteiger partial charge in [0.25, 0.3) is 0 Å². The predicted octanol–water partition coefficient (Wildman–Crippen LogP) is -0.0699. The summed E-state index contributed by atoms with van der Waals surface area (Å²) in [6.45, 7) is 6.63. The van der Waals surface area contributed by atoms with Crippen molar-refractivity contribution in [3.05, 3.63) is 23.3 Å². The topological polar surface area (TPSA) is 118 Å². The number of fused-ring (bicyclic) bond motifs is 5. The second kappa shape index (κ2) is 4.86. The van der Waals surface area contributed by atoms with Crippen molar-refractivity contribution >= 4 is 5.78 Å². The first-order valence-corrected chi connectivity index (χ1v) is 9.27. The van der Waals surface area contributed by atoms with Crippen LogP contribution in [0.5, 0.6) is 0 Å². The highest BCUT2D eigenvalue weighted by Gasteiger charge is 2.84. The van der Waals surface area contributed by atoms with Gasteiger partial charge >= 0.3 is 0 Å². The van der Waals surface area contributed by atoms with Crippen molar-refractivity contribution in [2.24, 2.45) is 29.1 Å². The third-order valence-corrected chi connectivity index (χ3v) is 8.04. The molecule has 0 radical (unpaired) electrons. The molecule has 0 aromatic heterocycles. The van der Waals surface area contributed by atoms with Gasteiger partial charge in [-0.3, -0.25) is 4.79 Å². The van der Waals surface area contributed by atoms with Crippen LogP contribution in [0.4, 0.5) is 0 Å². The van der Waals surface area contributed by atoms with Crippen molar-refractivity contribution in [1.29, 1.82) is 0 Å². The first kappa shape index (κ1) is 18.3. The van der Waals surface area contributed by atoms with Gasteiger partial charge in [-0.2, -0.15) is 0 Å². The van der Waals surface area contributed by atoms with E-state index in [-0.39, 0.29) is 13.0 Å². The first-order valence-electron chi connectivity index (χ1n) is 9.27. The van der Waals surface area contributed by atoms with E-state index in [4.69, 9.17) is 0 Å². The Morgan fingerprint density at radius 1 is 1.19 bits per heavy atom. The molecule has 0 heterocycles. The molecule has 6 heteroatoms. The van der Waals surface area contributed by atoms with Crippen LogP contribution in [0.25, 0.3) is 0 Å². The fourth-order valence-electron chi connectivity index (χ4n) is 6.45. The van der Waals surface area contributed by atoms with Crippen molar-refractivity contribution < 1.29 is 30.3 Å². The van der Waals surface area contributed by atoms with Gasteiger partial charge in [0.15, 0.2) is 5.78 Å². The summed E-state index contributed by atoms with van der Waals surface area (Å²) in [5, 5.41) is 54.9. The summed E-state index contributed by atoms with van der Waals surface area (Å²) >= 11 is 0. The summed E-state index contributed by atoms with van der Waals surface area (Å²) in [5.74, 6) is -3.14. The highest BCUT2D eigenvalue weighted by Crippen LogP contribution is 2.74. The van der Waals surface area contributed by atoms with Gasteiger partial charge in [-0.1, -0.05) is 32.9 Å². The third-order valence-electron chi connectivity index (χ3n) is 8.04. The van der Waals surface area contributed by atoms with Crippen LogP contribution in [-0.4, -0.2) is 60.8 Å². The zero-order chi connectivity index (χ0) is 19.4. The smallest absolute Gasteiger partial charge is 0.190 e. The molecule has 0 spiro atoms. The largest absolute Gasteiger partial charge is 0.392 e. The molecule has 6 nitrogen and oxygen atoms in total. The SMILES string of the molecule is CC1=C[C@@H]2[C@@]3(O)[C@H](C)[C@@H](O)[C@]4(O)[C@H]([C@H]3C=C(CO)C[C@]2(O)C1=O)C4(C)C. The molecule has 2 saturated carbocycles. The molecular weight excluding hydrogens is 336 g/mol. The maximum absolute atomic E-state index is 12.7. The predicted molar refractivity (Wildman–Crippen MR) is 92.8 cm³/mol. The number of aliphatic hydroxyl groups is 5. The number of carbonyl (C=O) groups is 1. The minimum Gasteiger partial charge on any atom is -0.392 e. The van der Waals surface area contributed by atoms with Gasteiger partial charge < -0.3 is 25.5 Å². The molecular formula is C20H28O6. The van der Waals surface area contributed by atoms with Crippen molar-refractivity contribution in [3.63, 3.8) is 0 Å². The molecule has 4 rings (SSSR count). The van der Waals surface area contributed by atoms with E-state index in [9.17, 15) is 30.3 Å². The summed E-state index contributed by atoms with van der Waals surface area (Å²) in [4.78, 5) is 12.7. The number of aliphatic hydroxyl groups excluding tert-OH is 2. The number of rotatable bonds is 1. The maximum Gasteiger partial charge on any atom is 0.190 e. The lowest BCUT2D eigenvalue weighted by molar-refractivity contribution is -0.209. The minimum atomic E-state index is -1.84. The second-order valence-corrected chi connectivity index (χ2v) is 9.41. The molecule has 0 unspecified atom stereocenters. The Hall–Kier alpha value is -1.05. The van der Waals surface area contributed by atoms with Crippen LogP contribution in [0, 0.1) is 29.1 Å². The molecule has 4 aliphatic carbocycles. The molecule has 4 aliphatic rings. The zero-order valence-electron chi connectivity index (χ0n) is 15.6. The molecule has 2 fully saturated rings. The number of hydrogen-bond acceptors (Lipinski definition) is 6. The lowest BCUT2D eigenvalue weighted by Crippen LogP contribution is -2.65. The van der Waals surface area contributed by atoms with Gasteiger partial charge in [0.2, 0.25) is 0 Å². The Morgan fingerprint density at radius 2 is 1.81 bits per heavy atom. The molecule has 144 valence electrons. The Kier molecular flexibility index (Phi) is 3.42. The van der Waals surface area contributed by atoms with E-state index in [0.717, 1.165) is 0 Å². The normalized spacial score (nSPS) is 54.5. The van der Waals surface area contributed by atoms with Crippen molar-refractivity contribution in [2.45, 2.75) is 57.0 Å². The van der Waals surface area contributed by atoms with Gasteiger partial charge in [0.1, 0.15) is 11.2 Å². The van der Waals surface area contributed by atoms with Crippen LogP contribution >= 0.6 is 0 Å². The average Bonchev–Trinajstić information content (AvgIpc) is 2.97. The number of ketones is 1. The third kappa shape index (κ3) is 1.69. The van der Waals surface area contributed by atoms with Gasteiger partial charge in [0, 0.05) is 35.5 Å². The fourth-order valence-corrected chi connectivity index (χ4v) is 6.45. The fraction of sp³-hybridized carbons (Fsp3) is 0.750. The lowest BCUT2D eigenvalue weighted by Gasteiger charge is -2.51. The van der Waals surface area contributed by atoms with Crippen LogP contribution < -0.4 is 0 Å². The van der Waals surface area contributed by atoms with Crippen LogP contribution in [0.1, 0.15) is 34.1 Å². The molecule has 8 atom stereocenters. The highest BCUT2D eigenvalue weighted by molar-refractivity contribution is 6.04. The van der Waals surface area contributed by atoms with Crippen LogP contribution in [0.2, 0.25) is 0 Å². The van der Waals surface area contributed by atoms with E-state index in [1.165, 1.54) is 0 Å². The van der Waals surface area contributed by atoms with Gasteiger partial charge in [-0.15, -0.1) is 0 Å². The maximum atomic E-state index is 12.7. The number of hydrogen-bond donors (Lipinski definition) is 5. The number of Topliss-reactive ketones (excluding diaryl/α,β-unsaturated/α-hetero) is 1. The van der Waals surface area contributed by atoms with E-state index >= 15 is 0 Å². The van der Waals surface area contributed by atoms with E-state index in [1.54, 1.807) is 26.0 Å². The molecule has 0 saturated heterocycles. The summed E-state index contributed by atoms with van der Waals surface area (Å²) in [7, 11) is 0. The second-order valence-electron chi connectivity index (χ2n) is 9.41. The molecule has 0 aromatic carbocycles. The van der Waals surface area contributed by atoms with Crippen LogP contribution in [0.3, 0.4) is 0 Å². The van der Waals surface area contributed by atoms with Crippen LogP contribution in [0.15, 0.2) is 23.3 Å². The quantitative estimate of drug-likeness (QED) is 0.416. The lowest BCUT2D eigenvalue weighted by atomic mass is 9.59. The Balaban J connectivity index is 1.96. The van der Waals surface area contributed by atoms with E-state index in [0.29, 0.717) is 11.1 Å². The average molecular weight is 364 g/mol. The monoisotopic (exact) mass is 364 g/mol. The molecule has 0 bridgehead atoms. The molecule has 5 N–H and O–H groups in total. The van der Waals surface area contributed by atoms with Gasteiger partial charge in [0.05, 0.1) is 18.3 Å². The van der Waals surface area contributed by atoms with Gasteiger partial charge in [-0.05, 0) is 18.1 Å². The van der Waals surface area contributed by atoms with Crippen molar-refractivity contribution in [3.8, 4) is 0 Å². The highest BCUT2D eigenvalue weighted by atomic mass is 16.4. The van der Waals surface area contributed by atoms with E-state index in [2.05, 4.69) is 0 Å². The van der Waals surface area contributed by atoms with Gasteiger partial charge in [-0.25, -0.2) is 0 Å². The minimum absolute atomic E-state index is 0.0615. The van der Waals surface area contributed by atoms with Crippen LogP contribution in [-0.2, 0) is 4.79 Å². The first-order chi connectivity index (χ1) is 11.9. The summed E-state index contributed by atoms with van der Waals surface area (Å²) in [6.07, 6.45) is 2.08.